The van der Waals surface area contributed by atoms with Crippen LogP contribution >= 0.6 is 0 Å². The Labute approximate surface area is 129 Å². The number of ether oxygens (including phenoxy) is 3. The van der Waals surface area contributed by atoms with Gasteiger partial charge in [-0.1, -0.05) is 18.2 Å². The molecule has 0 aliphatic rings. The molecule has 2 aromatic carbocycles. The Hall–Kier alpha value is -2.69. The number of amides is 1. The quantitative estimate of drug-likeness (QED) is 0.885. The Morgan fingerprint density at radius 1 is 1.00 bits per heavy atom. The molecule has 0 bridgehead atoms. The molecule has 0 saturated heterocycles. The number of carbonyl (C=O) groups is 1. The molecular weight excluding hydrogens is 282 g/mol. The second-order valence-electron chi connectivity index (χ2n) is 4.69. The van der Waals surface area contributed by atoms with E-state index < -0.39 is 6.09 Å². The van der Waals surface area contributed by atoms with Gasteiger partial charge in [-0.05, 0) is 43.3 Å². The van der Waals surface area contributed by atoms with Crippen molar-refractivity contribution in [1.29, 1.82) is 0 Å². The maximum Gasteiger partial charge on any atom is 0.406 e. The van der Waals surface area contributed by atoms with E-state index in [-0.39, 0.29) is 6.10 Å². The van der Waals surface area contributed by atoms with Crippen LogP contribution in [-0.4, -0.2) is 25.9 Å². The molecule has 0 aliphatic carbocycles. The molecular formula is C17H19NO4. The molecule has 22 heavy (non-hydrogen) atoms. The van der Waals surface area contributed by atoms with Gasteiger partial charge in [-0.25, -0.2) is 4.79 Å². The largest absolute Gasteiger partial charge is 0.489 e. The molecule has 0 fully saturated rings. The first kappa shape index (κ1) is 15.7. The third kappa shape index (κ3) is 5.01. The minimum Gasteiger partial charge on any atom is -0.489 e. The Balaban J connectivity index is 1.85. The molecule has 0 radical (unpaired) electrons. The zero-order valence-electron chi connectivity index (χ0n) is 12.6. The lowest BCUT2D eigenvalue weighted by Gasteiger charge is -2.15. The molecule has 1 unspecified atom stereocenters. The van der Waals surface area contributed by atoms with Crippen LogP contribution in [0.2, 0.25) is 0 Å². The van der Waals surface area contributed by atoms with E-state index >= 15 is 0 Å². The second kappa shape index (κ2) is 7.93. The van der Waals surface area contributed by atoms with Gasteiger partial charge in [0.05, 0.1) is 13.7 Å². The standard InChI is InChI=1S/C17H19NO4/c1-13(12-18-17(19)20-2)21-15-8-10-16(11-9-15)22-14-6-4-3-5-7-14/h3-11,13H,12H2,1-2H3,(H,18,19). The summed E-state index contributed by atoms with van der Waals surface area (Å²) in [6.07, 6.45) is -0.637. The van der Waals surface area contributed by atoms with Crippen LogP contribution in [0.1, 0.15) is 6.92 Å². The number of carbonyl (C=O) groups excluding carboxylic acids is 1. The summed E-state index contributed by atoms with van der Waals surface area (Å²) in [5.41, 5.74) is 0. The summed E-state index contributed by atoms with van der Waals surface area (Å²) in [5, 5.41) is 2.59. The summed E-state index contributed by atoms with van der Waals surface area (Å²) < 4.78 is 15.9. The van der Waals surface area contributed by atoms with Crippen LogP contribution in [0.4, 0.5) is 4.79 Å². The van der Waals surface area contributed by atoms with Gasteiger partial charge in [-0.3, -0.25) is 0 Å². The van der Waals surface area contributed by atoms with Crippen molar-refractivity contribution in [3.05, 3.63) is 54.6 Å². The van der Waals surface area contributed by atoms with Gasteiger partial charge >= 0.3 is 6.09 Å². The number of para-hydroxylation sites is 1. The van der Waals surface area contributed by atoms with Crippen LogP contribution in [0.25, 0.3) is 0 Å². The fraction of sp³-hybridized carbons (Fsp3) is 0.235. The summed E-state index contributed by atoms with van der Waals surface area (Å²) in [6.45, 7) is 2.24. The van der Waals surface area contributed by atoms with Crippen molar-refractivity contribution in [3.63, 3.8) is 0 Å². The van der Waals surface area contributed by atoms with Crippen molar-refractivity contribution in [2.24, 2.45) is 0 Å². The molecule has 2 aromatic rings. The van der Waals surface area contributed by atoms with E-state index in [1.165, 1.54) is 7.11 Å². The number of benzene rings is 2. The van der Waals surface area contributed by atoms with Gasteiger partial charge in [0.25, 0.3) is 0 Å². The molecule has 5 heteroatoms. The minimum absolute atomic E-state index is 0.167. The van der Waals surface area contributed by atoms with Gasteiger partial charge in [-0.15, -0.1) is 0 Å². The van der Waals surface area contributed by atoms with E-state index in [2.05, 4.69) is 10.1 Å². The number of nitrogens with one attached hydrogen (secondary N) is 1. The van der Waals surface area contributed by atoms with Crippen LogP contribution in [0.3, 0.4) is 0 Å². The first-order valence-corrected chi connectivity index (χ1v) is 6.99. The lowest BCUT2D eigenvalue weighted by Crippen LogP contribution is -2.33. The second-order valence-corrected chi connectivity index (χ2v) is 4.69. The van der Waals surface area contributed by atoms with Gasteiger partial charge in [0.15, 0.2) is 0 Å². The van der Waals surface area contributed by atoms with Crippen molar-refractivity contribution in [2.75, 3.05) is 13.7 Å². The smallest absolute Gasteiger partial charge is 0.406 e. The zero-order valence-corrected chi connectivity index (χ0v) is 12.6. The van der Waals surface area contributed by atoms with Gasteiger partial charge < -0.3 is 19.5 Å². The first-order chi connectivity index (χ1) is 10.7. The van der Waals surface area contributed by atoms with Crippen LogP contribution in [-0.2, 0) is 4.74 Å². The summed E-state index contributed by atoms with van der Waals surface area (Å²) in [6, 6.07) is 16.9. The van der Waals surface area contributed by atoms with E-state index in [1.807, 2.05) is 61.5 Å². The Bertz CT molecular complexity index is 583. The van der Waals surface area contributed by atoms with Crippen LogP contribution in [0.15, 0.2) is 54.6 Å². The molecule has 0 heterocycles. The lowest BCUT2D eigenvalue weighted by molar-refractivity contribution is 0.160. The summed E-state index contributed by atoms with van der Waals surface area (Å²) in [4.78, 5) is 11.0. The highest BCUT2D eigenvalue weighted by molar-refractivity contribution is 5.66. The molecule has 1 N–H and O–H groups in total. The van der Waals surface area contributed by atoms with Crippen LogP contribution < -0.4 is 14.8 Å². The van der Waals surface area contributed by atoms with E-state index in [9.17, 15) is 4.79 Å². The van der Waals surface area contributed by atoms with Crippen molar-refractivity contribution in [3.8, 4) is 17.2 Å². The molecule has 2 rings (SSSR count). The Morgan fingerprint density at radius 2 is 1.59 bits per heavy atom. The highest BCUT2D eigenvalue weighted by Crippen LogP contribution is 2.23. The number of alkyl carbamates (subject to hydrolysis) is 1. The van der Waals surface area contributed by atoms with Crippen LogP contribution in [0, 0.1) is 0 Å². The minimum atomic E-state index is -0.470. The molecule has 0 aliphatic heterocycles. The number of rotatable bonds is 6. The fourth-order valence-corrected chi connectivity index (χ4v) is 1.78. The van der Waals surface area contributed by atoms with E-state index in [0.717, 1.165) is 11.5 Å². The number of hydrogen-bond donors (Lipinski definition) is 1. The first-order valence-electron chi connectivity index (χ1n) is 6.99. The highest BCUT2D eigenvalue weighted by Gasteiger charge is 2.07. The lowest BCUT2D eigenvalue weighted by atomic mass is 10.3. The molecule has 1 amide bonds. The Kier molecular flexibility index (Phi) is 5.65. The SMILES string of the molecule is COC(=O)NCC(C)Oc1ccc(Oc2ccccc2)cc1. The van der Waals surface area contributed by atoms with E-state index in [0.29, 0.717) is 12.3 Å². The normalized spacial score (nSPS) is 11.4. The summed E-state index contributed by atoms with van der Waals surface area (Å²) >= 11 is 0. The van der Waals surface area contributed by atoms with Gasteiger partial charge in [-0.2, -0.15) is 0 Å². The third-order valence-corrected chi connectivity index (χ3v) is 2.86. The monoisotopic (exact) mass is 301 g/mol. The summed E-state index contributed by atoms with van der Waals surface area (Å²) in [7, 11) is 1.33. The molecule has 0 saturated carbocycles. The molecule has 5 nitrogen and oxygen atoms in total. The van der Waals surface area contributed by atoms with Crippen molar-refractivity contribution < 1.29 is 19.0 Å². The van der Waals surface area contributed by atoms with E-state index in [1.54, 1.807) is 0 Å². The summed E-state index contributed by atoms with van der Waals surface area (Å²) in [5.74, 6) is 2.23. The third-order valence-electron chi connectivity index (χ3n) is 2.86. The topological polar surface area (TPSA) is 56.8 Å². The molecule has 0 aromatic heterocycles. The van der Waals surface area contributed by atoms with Gasteiger partial charge in [0.2, 0.25) is 0 Å². The maximum atomic E-state index is 11.0. The molecule has 116 valence electrons. The predicted octanol–water partition coefficient (Wildman–Crippen LogP) is 3.60. The van der Waals surface area contributed by atoms with Gasteiger partial charge in [0.1, 0.15) is 23.4 Å². The highest BCUT2D eigenvalue weighted by atomic mass is 16.5. The van der Waals surface area contributed by atoms with Crippen molar-refractivity contribution in [1.82, 2.24) is 5.32 Å². The maximum absolute atomic E-state index is 11.0. The number of methoxy groups -OCH3 is 1. The molecule has 1 atom stereocenters. The van der Waals surface area contributed by atoms with Crippen molar-refractivity contribution >= 4 is 6.09 Å². The average Bonchev–Trinajstić information content (AvgIpc) is 2.55. The van der Waals surface area contributed by atoms with Crippen LogP contribution in [0.5, 0.6) is 17.2 Å². The zero-order chi connectivity index (χ0) is 15.8. The Morgan fingerprint density at radius 3 is 2.23 bits per heavy atom. The van der Waals surface area contributed by atoms with Gasteiger partial charge in [0, 0.05) is 0 Å². The van der Waals surface area contributed by atoms with Crippen molar-refractivity contribution in [2.45, 2.75) is 13.0 Å². The number of hydrogen-bond acceptors (Lipinski definition) is 4. The predicted molar refractivity (Wildman–Crippen MR) is 83.5 cm³/mol. The fourth-order valence-electron chi connectivity index (χ4n) is 1.78. The average molecular weight is 301 g/mol. The molecule has 0 spiro atoms. The van der Waals surface area contributed by atoms with E-state index in [4.69, 9.17) is 9.47 Å².